The number of carbonyl (C=O) groups excluding carboxylic acids is 1. The van der Waals surface area contributed by atoms with Crippen molar-refractivity contribution < 1.29 is 14.6 Å². The number of pyridine rings is 1. The van der Waals surface area contributed by atoms with Gasteiger partial charge in [-0.05, 0) is 49.8 Å². The van der Waals surface area contributed by atoms with Crippen LogP contribution in [0.1, 0.15) is 43.4 Å². The van der Waals surface area contributed by atoms with E-state index in [1.807, 2.05) is 55.5 Å². The van der Waals surface area contributed by atoms with Gasteiger partial charge in [0.2, 0.25) is 0 Å². The van der Waals surface area contributed by atoms with Crippen molar-refractivity contribution in [1.29, 1.82) is 0 Å². The average Bonchev–Trinajstić information content (AvgIpc) is 2.63. The molecule has 25 heavy (non-hydrogen) atoms. The fourth-order valence-corrected chi connectivity index (χ4v) is 3.86. The normalized spacial score (nSPS) is 26.2. The van der Waals surface area contributed by atoms with E-state index in [-0.39, 0.29) is 17.8 Å². The van der Waals surface area contributed by atoms with Crippen LogP contribution in [0.5, 0.6) is 0 Å². The number of carbonyl (C=O) groups is 1. The van der Waals surface area contributed by atoms with Gasteiger partial charge in [-0.15, -0.1) is 0 Å². The molecule has 3 atom stereocenters. The molecule has 2 aromatic rings. The van der Waals surface area contributed by atoms with Gasteiger partial charge < -0.3 is 9.84 Å². The molecule has 1 fully saturated rings. The molecule has 4 nitrogen and oxygen atoms in total. The first kappa shape index (κ1) is 17.6. The minimum absolute atomic E-state index is 0.0392. The molecule has 0 amide bonds. The van der Waals surface area contributed by atoms with Crippen molar-refractivity contribution in [3.8, 4) is 0 Å². The lowest BCUT2D eigenvalue weighted by atomic mass is 9.67. The smallest absolute Gasteiger partial charge is 0.309 e. The van der Waals surface area contributed by atoms with Gasteiger partial charge in [-0.3, -0.25) is 9.78 Å². The molecule has 0 spiro atoms. The third-order valence-electron chi connectivity index (χ3n) is 5.06. The van der Waals surface area contributed by atoms with Crippen LogP contribution in [0.25, 0.3) is 0 Å². The van der Waals surface area contributed by atoms with Crippen LogP contribution in [-0.2, 0) is 16.0 Å². The Morgan fingerprint density at radius 2 is 2.00 bits per heavy atom. The zero-order valence-corrected chi connectivity index (χ0v) is 14.6. The highest BCUT2D eigenvalue weighted by molar-refractivity contribution is 5.74. The fourth-order valence-electron chi connectivity index (χ4n) is 3.86. The van der Waals surface area contributed by atoms with Gasteiger partial charge >= 0.3 is 5.97 Å². The maximum atomic E-state index is 12.4. The first-order valence-electron chi connectivity index (χ1n) is 8.95. The van der Waals surface area contributed by atoms with Crippen LogP contribution in [0.15, 0.2) is 54.7 Å². The van der Waals surface area contributed by atoms with Gasteiger partial charge in [0.15, 0.2) is 0 Å². The Hall–Kier alpha value is -2.20. The Bertz CT molecular complexity index is 689. The minimum atomic E-state index is -0.849. The molecular formula is C21H25NO3. The van der Waals surface area contributed by atoms with Crippen molar-refractivity contribution in [1.82, 2.24) is 4.98 Å². The molecule has 0 bridgehead atoms. The van der Waals surface area contributed by atoms with Crippen molar-refractivity contribution in [2.45, 2.75) is 44.1 Å². The summed E-state index contributed by atoms with van der Waals surface area (Å²) in [5.41, 5.74) is 1.11. The highest BCUT2D eigenvalue weighted by Gasteiger charge is 2.43. The molecule has 1 unspecified atom stereocenters. The summed E-state index contributed by atoms with van der Waals surface area (Å²) >= 11 is 0. The predicted molar refractivity (Wildman–Crippen MR) is 96.0 cm³/mol. The fraction of sp³-hybridized carbons (Fsp3) is 0.429. The molecule has 3 rings (SSSR count). The summed E-state index contributed by atoms with van der Waals surface area (Å²) in [6.07, 6.45) is 4.00. The zero-order valence-electron chi connectivity index (χ0n) is 14.6. The van der Waals surface area contributed by atoms with E-state index in [2.05, 4.69) is 4.98 Å². The SMILES string of the molecule is CCOC(=O)[C@@H]1CCC(O)(Cc2ccccn2)C[C@H]1c1ccccc1. The number of aliphatic hydroxyl groups is 1. The number of esters is 1. The van der Waals surface area contributed by atoms with E-state index < -0.39 is 5.60 Å². The largest absolute Gasteiger partial charge is 0.466 e. The number of ether oxygens (including phenoxy) is 1. The van der Waals surface area contributed by atoms with Crippen LogP contribution < -0.4 is 0 Å². The lowest BCUT2D eigenvalue weighted by molar-refractivity contribution is -0.152. The highest BCUT2D eigenvalue weighted by Crippen LogP contribution is 2.44. The summed E-state index contributed by atoms with van der Waals surface area (Å²) in [6, 6.07) is 15.7. The van der Waals surface area contributed by atoms with E-state index >= 15 is 0 Å². The zero-order chi connectivity index (χ0) is 17.7. The van der Waals surface area contributed by atoms with Crippen LogP contribution in [0.3, 0.4) is 0 Å². The molecular weight excluding hydrogens is 314 g/mol. The maximum Gasteiger partial charge on any atom is 0.309 e. The van der Waals surface area contributed by atoms with Crippen molar-refractivity contribution in [3.05, 3.63) is 66.0 Å². The Morgan fingerprint density at radius 3 is 2.68 bits per heavy atom. The second-order valence-electron chi connectivity index (χ2n) is 6.84. The van der Waals surface area contributed by atoms with Crippen molar-refractivity contribution in [3.63, 3.8) is 0 Å². The van der Waals surface area contributed by atoms with Gasteiger partial charge in [0.05, 0.1) is 18.1 Å². The molecule has 1 aromatic carbocycles. The maximum absolute atomic E-state index is 12.4. The molecule has 1 heterocycles. The van der Waals surface area contributed by atoms with E-state index in [0.717, 1.165) is 11.3 Å². The lowest BCUT2D eigenvalue weighted by Crippen LogP contribution is -2.42. The summed E-state index contributed by atoms with van der Waals surface area (Å²) in [4.78, 5) is 16.8. The number of rotatable bonds is 5. The highest BCUT2D eigenvalue weighted by atomic mass is 16.5. The number of benzene rings is 1. The molecule has 4 heteroatoms. The topological polar surface area (TPSA) is 59.4 Å². The van der Waals surface area contributed by atoms with Gasteiger partial charge in [-0.25, -0.2) is 0 Å². The van der Waals surface area contributed by atoms with Gasteiger partial charge in [0.1, 0.15) is 0 Å². The quantitative estimate of drug-likeness (QED) is 0.847. The van der Waals surface area contributed by atoms with Crippen LogP contribution in [0.4, 0.5) is 0 Å². The van der Waals surface area contributed by atoms with Crippen molar-refractivity contribution in [2.75, 3.05) is 6.61 Å². The van der Waals surface area contributed by atoms with Crippen molar-refractivity contribution >= 4 is 5.97 Å². The molecule has 1 aliphatic rings. The second kappa shape index (κ2) is 7.79. The molecule has 1 saturated carbocycles. The van der Waals surface area contributed by atoms with E-state index in [9.17, 15) is 9.90 Å². The molecule has 0 aliphatic heterocycles. The van der Waals surface area contributed by atoms with Gasteiger partial charge in [-0.1, -0.05) is 36.4 Å². The molecule has 0 saturated heterocycles. The van der Waals surface area contributed by atoms with E-state index in [0.29, 0.717) is 32.3 Å². The number of nitrogens with zero attached hydrogens (tertiary/aromatic N) is 1. The van der Waals surface area contributed by atoms with E-state index in [4.69, 9.17) is 4.74 Å². The monoisotopic (exact) mass is 339 g/mol. The van der Waals surface area contributed by atoms with Gasteiger partial charge in [-0.2, -0.15) is 0 Å². The van der Waals surface area contributed by atoms with Crippen LogP contribution >= 0.6 is 0 Å². The Labute approximate surface area is 148 Å². The standard InChI is InChI=1S/C21H25NO3/c1-2-25-20(23)18-11-12-21(24,14-17-10-6-7-13-22-17)15-19(18)16-8-4-3-5-9-16/h3-10,13,18-19,24H,2,11-12,14-15H2,1H3/t18-,19+,21?/m1/s1. The van der Waals surface area contributed by atoms with E-state index in [1.165, 1.54) is 0 Å². The number of hydrogen-bond donors (Lipinski definition) is 1. The summed E-state index contributed by atoms with van der Waals surface area (Å²) in [6.45, 7) is 2.21. The third kappa shape index (κ3) is 4.26. The average molecular weight is 339 g/mol. The first-order chi connectivity index (χ1) is 12.1. The van der Waals surface area contributed by atoms with Gasteiger partial charge in [0.25, 0.3) is 0 Å². The third-order valence-corrected chi connectivity index (χ3v) is 5.06. The van der Waals surface area contributed by atoms with Crippen LogP contribution in [0.2, 0.25) is 0 Å². The number of aromatic nitrogens is 1. The Kier molecular flexibility index (Phi) is 5.49. The summed E-state index contributed by atoms with van der Waals surface area (Å²) in [7, 11) is 0. The summed E-state index contributed by atoms with van der Waals surface area (Å²) in [5.74, 6) is -0.398. The summed E-state index contributed by atoms with van der Waals surface area (Å²) < 4.78 is 5.29. The first-order valence-corrected chi connectivity index (χ1v) is 8.95. The van der Waals surface area contributed by atoms with Gasteiger partial charge in [0, 0.05) is 18.3 Å². The minimum Gasteiger partial charge on any atom is -0.466 e. The molecule has 0 radical (unpaired) electrons. The lowest BCUT2D eigenvalue weighted by Gasteiger charge is -2.40. The van der Waals surface area contributed by atoms with Crippen molar-refractivity contribution in [2.24, 2.45) is 5.92 Å². The van der Waals surface area contributed by atoms with E-state index in [1.54, 1.807) is 6.20 Å². The Balaban J connectivity index is 1.84. The molecule has 132 valence electrons. The molecule has 1 aliphatic carbocycles. The predicted octanol–water partition coefficient (Wildman–Crippen LogP) is 3.50. The second-order valence-corrected chi connectivity index (χ2v) is 6.84. The molecule has 1 N–H and O–H groups in total. The molecule has 1 aromatic heterocycles. The Morgan fingerprint density at radius 1 is 1.24 bits per heavy atom. The van der Waals surface area contributed by atoms with Crippen LogP contribution in [0, 0.1) is 5.92 Å². The number of hydrogen-bond acceptors (Lipinski definition) is 4. The van der Waals surface area contributed by atoms with Crippen LogP contribution in [-0.4, -0.2) is 28.3 Å². The summed E-state index contributed by atoms with van der Waals surface area (Å²) in [5, 5.41) is 11.2.